The van der Waals surface area contributed by atoms with E-state index in [1.165, 1.54) is 8.99 Å². The van der Waals surface area contributed by atoms with Crippen LogP contribution >= 0.6 is 0 Å². The van der Waals surface area contributed by atoms with Crippen LogP contribution < -0.4 is 5.32 Å². The third kappa shape index (κ3) is 4.69. The number of nitrogens with zero attached hydrogens (tertiary/aromatic N) is 4. The summed E-state index contributed by atoms with van der Waals surface area (Å²) in [5, 5.41) is 7.26. The first kappa shape index (κ1) is 22.7. The minimum atomic E-state index is -3.74. The standard InChI is InChI=1S/C20H33N5O4S/c1-14(2)21-20(27)17-7-11-24(12-8-17)30(28,29)19-15(3)22-25(16(19)4)13-18(26)23-9-5-6-10-23/h14,17H,5-13H2,1-4H3,(H,21,27). The summed E-state index contributed by atoms with van der Waals surface area (Å²) in [5.74, 6) is -0.205. The van der Waals surface area contributed by atoms with Gasteiger partial charge in [-0.05, 0) is 53.4 Å². The molecule has 0 aliphatic carbocycles. The van der Waals surface area contributed by atoms with Crippen molar-refractivity contribution in [3.05, 3.63) is 11.4 Å². The van der Waals surface area contributed by atoms with Crippen molar-refractivity contribution in [2.45, 2.75) is 70.9 Å². The molecule has 2 aliphatic rings. The first-order valence-corrected chi connectivity index (χ1v) is 12.2. The van der Waals surface area contributed by atoms with Crippen LogP contribution in [0.3, 0.4) is 0 Å². The largest absolute Gasteiger partial charge is 0.354 e. The highest BCUT2D eigenvalue weighted by atomic mass is 32.2. The molecule has 0 bridgehead atoms. The summed E-state index contributed by atoms with van der Waals surface area (Å²) in [7, 11) is -3.74. The number of likely N-dealkylation sites (tertiary alicyclic amines) is 1. The van der Waals surface area contributed by atoms with Crippen molar-refractivity contribution in [3.63, 3.8) is 0 Å². The molecule has 1 aromatic rings. The lowest BCUT2D eigenvalue weighted by Crippen LogP contribution is -2.44. The number of rotatable bonds is 6. The summed E-state index contributed by atoms with van der Waals surface area (Å²) in [4.78, 5) is 26.7. The van der Waals surface area contributed by atoms with Gasteiger partial charge in [-0.2, -0.15) is 9.40 Å². The van der Waals surface area contributed by atoms with Gasteiger partial charge in [-0.1, -0.05) is 0 Å². The van der Waals surface area contributed by atoms with Crippen molar-refractivity contribution < 1.29 is 18.0 Å². The van der Waals surface area contributed by atoms with Crippen LogP contribution in [0, 0.1) is 19.8 Å². The molecule has 0 radical (unpaired) electrons. The Bertz CT molecular complexity index is 895. The van der Waals surface area contributed by atoms with Crippen molar-refractivity contribution in [1.29, 1.82) is 0 Å². The predicted octanol–water partition coefficient (Wildman–Crippen LogP) is 1.05. The highest BCUT2D eigenvalue weighted by Gasteiger charge is 2.35. The Hall–Kier alpha value is -1.94. The summed E-state index contributed by atoms with van der Waals surface area (Å²) in [6, 6.07) is 0.0682. The van der Waals surface area contributed by atoms with E-state index in [9.17, 15) is 18.0 Å². The molecule has 0 atom stereocenters. The lowest BCUT2D eigenvalue weighted by atomic mass is 9.97. The smallest absolute Gasteiger partial charge is 0.246 e. The molecule has 9 nitrogen and oxygen atoms in total. The molecule has 30 heavy (non-hydrogen) atoms. The Labute approximate surface area is 178 Å². The maximum atomic E-state index is 13.3. The van der Waals surface area contributed by atoms with Crippen LogP contribution in [0.5, 0.6) is 0 Å². The van der Waals surface area contributed by atoms with E-state index in [4.69, 9.17) is 0 Å². The molecular formula is C20H33N5O4S. The normalized spacial score (nSPS) is 18.9. The number of nitrogens with one attached hydrogen (secondary N) is 1. The fourth-order valence-electron chi connectivity index (χ4n) is 4.29. The van der Waals surface area contributed by atoms with Gasteiger partial charge in [-0.3, -0.25) is 14.3 Å². The van der Waals surface area contributed by atoms with Crippen molar-refractivity contribution >= 4 is 21.8 Å². The van der Waals surface area contributed by atoms with E-state index in [0.717, 1.165) is 25.9 Å². The zero-order chi connectivity index (χ0) is 22.1. The fourth-order valence-corrected chi connectivity index (χ4v) is 6.13. The maximum Gasteiger partial charge on any atom is 0.246 e. The Balaban J connectivity index is 1.71. The molecule has 1 N–H and O–H groups in total. The molecule has 0 unspecified atom stereocenters. The quantitative estimate of drug-likeness (QED) is 0.713. The minimum absolute atomic E-state index is 0.0114. The Morgan fingerprint density at radius 2 is 1.70 bits per heavy atom. The zero-order valence-corrected chi connectivity index (χ0v) is 19.2. The summed E-state index contributed by atoms with van der Waals surface area (Å²) in [6.45, 7) is 9.35. The number of aryl methyl sites for hydroxylation is 1. The monoisotopic (exact) mass is 439 g/mol. The van der Waals surface area contributed by atoms with E-state index in [1.54, 1.807) is 18.7 Å². The second-order valence-corrected chi connectivity index (χ2v) is 10.5. The molecule has 0 aromatic carbocycles. The predicted molar refractivity (Wildman–Crippen MR) is 112 cm³/mol. The number of sulfonamides is 1. The molecule has 0 saturated carbocycles. The molecule has 2 amide bonds. The number of piperidine rings is 1. The summed E-state index contributed by atoms with van der Waals surface area (Å²) in [5.41, 5.74) is 0.890. The number of hydrogen-bond acceptors (Lipinski definition) is 5. The zero-order valence-electron chi connectivity index (χ0n) is 18.3. The van der Waals surface area contributed by atoms with Crippen molar-refractivity contribution in [2.75, 3.05) is 26.2 Å². The summed E-state index contributed by atoms with van der Waals surface area (Å²) < 4.78 is 29.6. The van der Waals surface area contributed by atoms with Gasteiger partial charge in [0.15, 0.2) is 0 Å². The topological polar surface area (TPSA) is 105 Å². The lowest BCUT2D eigenvalue weighted by Gasteiger charge is -2.31. The highest BCUT2D eigenvalue weighted by molar-refractivity contribution is 7.89. The molecule has 3 heterocycles. The molecule has 2 aliphatic heterocycles. The SMILES string of the molecule is Cc1nn(CC(=O)N2CCCC2)c(C)c1S(=O)(=O)N1CCC(C(=O)NC(C)C)CC1. The first-order chi connectivity index (χ1) is 14.1. The van der Waals surface area contributed by atoms with E-state index >= 15 is 0 Å². The average molecular weight is 440 g/mol. The second kappa shape index (κ2) is 9.05. The third-order valence-electron chi connectivity index (χ3n) is 5.91. The second-order valence-electron chi connectivity index (χ2n) is 8.59. The van der Waals surface area contributed by atoms with Gasteiger partial charge < -0.3 is 10.2 Å². The number of amides is 2. The van der Waals surface area contributed by atoms with Crippen molar-refractivity contribution in [1.82, 2.24) is 24.3 Å². The molecule has 2 saturated heterocycles. The summed E-state index contributed by atoms with van der Waals surface area (Å²) >= 11 is 0. The van der Waals surface area contributed by atoms with Crippen molar-refractivity contribution in [2.24, 2.45) is 5.92 Å². The van der Waals surface area contributed by atoms with Crippen LogP contribution in [-0.2, 0) is 26.2 Å². The molecule has 3 rings (SSSR count). The van der Waals surface area contributed by atoms with Gasteiger partial charge in [0.05, 0.1) is 11.4 Å². The fraction of sp³-hybridized carbons (Fsp3) is 0.750. The Morgan fingerprint density at radius 1 is 1.10 bits per heavy atom. The van der Waals surface area contributed by atoms with Crippen LogP contribution in [0.15, 0.2) is 4.90 Å². The molecule has 10 heteroatoms. The van der Waals surface area contributed by atoms with Crippen LogP contribution in [0.25, 0.3) is 0 Å². The average Bonchev–Trinajstić information content (AvgIpc) is 3.30. The Morgan fingerprint density at radius 3 is 2.27 bits per heavy atom. The van der Waals surface area contributed by atoms with Crippen LogP contribution in [-0.4, -0.2) is 71.4 Å². The van der Waals surface area contributed by atoms with Crippen molar-refractivity contribution in [3.8, 4) is 0 Å². The molecule has 168 valence electrons. The summed E-state index contributed by atoms with van der Waals surface area (Å²) in [6.07, 6.45) is 3.01. The number of carbonyl (C=O) groups excluding carboxylic acids is 2. The van der Waals surface area contributed by atoms with Gasteiger partial charge in [0.2, 0.25) is 21.8 Å². The van der Waals surface area contributed by atoms with E-state index in [1.807, 2.05) is 13.8 Å². The number of carbonyl (C=O) groups is 2. The van der Waals surface area contributed by atoms with Gasteiger partial charge in [-0.15, -0.1) is 0 Å². The lowest BCUT2D eigenvalue weighted by molar-refractivity contribution is -0.131. The molecule has 1 aromatic heterocycles. The third-order valence-corrected chi connectivity index (χ3v) is 8.06. The molecule has 2 fully saturated rings. The first-order valence-electron chi connectivity index (χ1n) is 10.7. The van der Waals surface area contributed by atoms with E-state index in [-0.39, 0.29) is 35.2 Å². The van der Waals surface area contributed by atoms with Gasteiger partial charge >= 0.3 is 0 Å². The molecule has 0 spiro atoms. The van der Waals surface area contributed by atoms with Crippen LogP contribution in [0.4, 0.5) is 0 Å². The van der Waals surface area contributed by atoms with Crippen LogP contribution in [0.1, 0.15) is 50.9 Å². The Kier molecular flexibility index (Phi) is 6.86. The van der Waals surface area contributed by atoms with Gasteiger partial charge in [0.1, 0.15) is 11.4 Å². The van der Waals surface area contributed by atoms with E-state index in [0.29, 0.717) is 37.3 Å². The van der Waals surface area contributed by atoms with E-state index in [2.05, 4.69) is 10.4 Å². The van der Waals surface area contributed by atoms with Gasteiger partial charge in [0, 0.05) is 38.1 Å². The number of aromatic nitrogens is 2. The maximum absolute atomic E-state index is 13.3. The molecular weight excluding hydrogens is 406 g/mol. The van der Waals surface area contributed by atoms with E-state index < -0.39 is 10.0 Å². The highest BCUT2D eigenvalue weighted by Crippen LogP contribution is 2.28. The van der Waals surface area contributed by atoms with Gasteiger partial charge in [0.25, 0.3) is 0 Å². The minimum Gasteiger partial charge on any atom is -0.354 e. The number of hydrogen-bond donors (Lipinski definition) is 1. The van der Waals surface area contributed by atoms with Crippen LogP contribution in [0.2, 0.25) is 0 Å². The van der Waals surface area contributed by atoms with Gasteiger partial charge in [-0.25, -0.2) is 8.42 Å².